The first-order valence-corrected chi connectivity index (χ1v) is 10.4. The molecule has 3 atom stereocenters. The minimum absolute atomic E-state index is 0. The third-order valence-corrected chi connectivity index (χ3v) is 6.56. The van der Waals surface area contributed by atoms with Gasteiger partial charge in [0, 0.05) is 32.6 Å². The SMILES string of the molecule is CN=C(NCC1CCc2nnc(C)n2C1)NC(C)C(C)C1CCCCC1.I. The number of aliphatic imine (C=N–C) groups is 1. The highest BCUT2D eigenvalue weighted by Crippen LogP contribution is 2.31. The fraction of sp³-hybridized carbons (Fsp3) is 0.850. The van der Waals surface area contributed by atoms with Crippen molar-refractivity contribution in [1.82, 2.24) is 25.4 Å². The van der Waals surface area contributed by atoms with Gasteiger partial charge in [-0.25, -0.2) is 0 Å². The van der Waals surface area contributed by atoms with E-state index in [1.54, 1.807) is 0 Å². The normalized spacial score (nSPS) is 23.1. The molecule has 2 aliphatic rings. The number of aryl methyl sites for hydroxylation is 2. The molecule has 7 heteroatoms. The molecular weight excluding hydrogens is 451 g/mol. The molecule has 1 aromatic rings. The van der Waals surface area contributed by atoms with Crippen molar-refractivity contribution in [3.63, 3.8) is 0 Å². The van der Waals surface area contributed by atoms with Crippen molar-refractivity contribution in [2.75, 3.05) is 13.6 Å². The molecule has 3 unspecified atom stereocenters. The lowest BCUT2D eigenvalue weighted by atomic mass is 9.78. The van der Waals surface area contributed by atoms with Crippen LogP contribution < -0.4 is 10.6 Å². The second kappa shape index (κ2) is 10.6. The van der Waals surface area contributed by atoms with Crippen LogP contribution in [-0.2, 0) is 13.0 Å². The standard InChI is InChI=1S/C20H36N6.HI/c1-14(18-8-6-5-7-9-18)15(2)23-20(21-4)22-12-17-10-11-19-25-24-16(3)26(19)13-17;/h14-15,17-18H,5-13H2,1-4H3,(H2,21,22,23);1H. The minimum atomic E-state index is 0. The molecule has 1 aliphatic heterocycles. The smallest absolute Gasteiger partial charge is 0.191 e. The zero-order chi connectivity index (χ0) is 18.5. The number of aromatic nitrogens is 3. The summed E-state index contributed by atoms with van der Waals surface area (Å²) in [5.41, 5.74) is 0. The van der Waals surface area contributed by atoms with Crippen LogP contribution in [0.5, 0.6) is 0 Å². The Bertz CT molecular complexity index is 608. The predicted octanol–water partition coefficient (Wildman–Crippen LogP) is 3.54. The van der Waals surface area contributed by atoms with E-state index in [9.17, 15) is 0 Å². The van der Waals surface area contributed by atoms with Gasteiger partial charge in [-0.05, 0) is 38.0 Å². The number of hydrogen-bond acceptors (Lipinski definition) is 3. The molecule has 1 saturated carbocycles. The monoisotopic (exact) mass is 488 g/mol. The molecule has 0 radical (unpaired) electrons. The summed E-state index contributed by atoms with van der Waals surface area (Å²) in [5.74, 6) is 5.25. The Labute approximate surface area is 181 Å². The van der Waals surface area contributed by atoms with Crippen LogP contribution in [0, 0.1) is 24.7 Å². The molecule has 2 N–H and O–H groups in total. The van der Waals surface area contributed by atoms with Gasteiger partial charge in [-0.1, -0.05) is 39.0 Å². The van der Waals surface area contributed by atoms with Crippen LogP contribution >= 0.6 is 24.0 Å². The molecule has 0 spiro atoms. The zero-order valence-corrected chi connectivity index (χ0v) is 19.7. The summed E-state index contributed by atoms with van der Waals surface area (Å²) in [6, 6.07) is 0.447. The minimum Gasteiger partial charge on any atom is -0.356 e. The second-order valence-corrected chi connectivity index (χ2v) is 8.32. The van der Waals surface area contributed by atoms with Crippen molar-refractivity contribution in [3.8, 4) is 0 Å². The molecular formula is C20H37IN6. The number of rotatable bonds is 5. The van der Waals surface area contributed by atoms with Crippen LogP contribution in [0.2, 0.25) is 0 Å². The number of nitrogens with zero attached hydrogens (tertiary/aromatic N) is 4. The maximum atomic E-state index is 4.45. The van der Waals surface area contributed by atoms with E-state index in [-0.39, 0.29) is 24.0 Å². The highest BCUT2D eigenvalue weighted by molar-refractivity contribution is 14.0. The van der Waals surface area contributed by atoms with Crippen LogP contribution in [0.3, 0.4) is 0 Å². The molecule has 1 aromatic heterocycles. The van der Waals surface area contributed by atoms with Gasteiger partial charge in [-0.2, -0.15) is 0 Å². The quantitative estimate of drug-likeness (QED) is 0.378. The van der Waals surface area contributed by atoms with Crippen molar-refractivity contribution in [2.45, 2.75) is 78.3 Å². The van der Waals surface area contributed by atoms with Gasteiger partial charge in [0.15, 0.2) is 5.96 Å². The van der Waals surface area contributed by atoms with Crippen molar-refractivity contribution < 1.29 is 0 Å². The Morgan fingerprint density at radius 1 is 1.19 bits per heavy atom. The van der Waals surface area contributed by atoms with E-state index < -0.39 is 0 Å². The van der Waals surface area contributed by atoms with E-state index in [1.807, 2.05) is 14.0 Å². The zero-order valence-electron chi connectivity index (χ0n) is 17.4. The number of halogens is 1. The Morgan fingerprint density at radius 2 is 1.93 bits per heavy atom. The molecule has 0 saturated heterocycles. The van der Waals surface area contributed by atoms with E-state index in [0.717, 1.165) is 49.5 Å². The van der Waals surface area contributed by atoms with Gasteiger partial charge in [0.05, 0.1) is 0 Å². The molecule has 6 nitrogen and oxygen atoms in total. The molecule has 3 rings (SSSR count). The van der Waals surface area contributed by atoms with Crippen molar-refractivity contribution in [1.29, 1.82) is 0 Å². The molecule has 0 amide bonds. The predicted molar refractivity (Wildman–Crippen MR) is 122 cm³/mol. The topological polar surface area (TPSA) is 67.1 Å². The van der Waals surface area contributed by atoms with Crippen LogP contribution in [0.15, 0.2) is 4.99 Å². The molecule has 0 bridgehead atoms. The van der Waals surface area contributed by atoms with E-state index in [2.05, 4.69) is 44.2 Å². The van der Waals surface area contributed by atoms with Crippen LogP contribution in [-0.4, -0.2) is 40.4 Å². The number of nitrogens with one attached hydrogen (secondary N) is 2. The maximum absolute atomic E-state index is 4.45. The highest BCUT2D eigenvalue weighted by Gasteiger charge is 2.25. The summed E-state index contributed by atoms with van der Waals surface area (Å²) in [6.45, 7) is 8.70. The Hall–Kier alpha value is -0.860. The first-order chi connectivity index (χ1) is 12.6. The van der Waals surface area contributed by atoms with Gasteiger partial charge in [-0.15, -0.1) is 34.2 Å². The molecule has 154 valence electrons. The summed E-state index contributed by atoms with van der Waals surface area (Å²) in [6.07, 6.45) is 9.19. The Kier molecular flexibility index (Phi) is 8.82. The number of fused-ring (bicyclic) bond motifs is 1. The van der Waals surface area contributed by atoms with Crippen molar-refractivity contribution in [3.05, 3.63) is 11.6 Å². The van der Waals surface area contributed by atoms with Gasteiger partial charge < -0.3 is 15.2 Å². The molecule has 27 heavy (non-hydrogen) atoms. The van der Waals surface area contributed by atoms with Crippen LogP contribution in [0.4, 0.5) is 0 Å². The molecule has 1 fully saturated rings. The summed E-state index contributed by atoms with van der Waals surface area (Å²) >= 11 is 0. The fourth-order valence-electron chi connectivity index (χ4n) is 4.55. The Morgan fingerprint density at radius 3 is 2.63 bits per heavy atom. The molecule has 1 aliphatic carbocycles. The van der Waals surface area contributed by atoms with Gasteiger partial charge in [0.1, 0.15) is 11.6 Å². The van der Waals surface area contributed by atoms with Crippen molar-refractivity contribution >= 4 is 29.9 Å². The van der Waals surface area contributed by atoms with Gasteiger partial charge in [0.2, 0.25) is 0 Å². The van der Waals surface area contributed by atoms with Gasteiger partial charge in [0.25, 0.3) is 0 Å². The third-order valence-electron chi connectivity index (χ3n) is 6.56. The van der Waals surface area contributed by atoms with E-state index in [0.29, 0.717) is 17.9 Å². The first kappa shape index (κ1) is 22.4. The average Bonchev–Trinajstić information content (AvgIpc) is 3.05. The van der Waals surface area contributed by atoms with E-state index >= 15 is 0 Å². The summed E-state index contributed by atoms with van der Waals surface area (Å²) in [7, 11) is 1.87. The van der Waals surface area contributed by atoms with E-state index in [4.69, 9.17) is 0 Å². The average molecular weight is 488 g/mol. The lowest BCUT2D eigenvalue weighted by Gasteiger charge is -2.33. The summed E-state index contributed by atoms with van der Waals surface area (Å²) in [4.78, 5) is 4.45. The number of hydrogen-bond donors (Lipinski definition) is 2. The second-order valence-electron chi connectivity index (χ2n) is 8.32. The largest absolute Gasteiger partial charge is 0.356 e. The van der Waals surface area contributed by atoms with Gasteiger partial charge in [-0.3, -0.25) is 4.99 Å². The Balaban J connectivity index is 0.00000261. The lowest BCUT2D eigenvalue weighted by molar-refractivity contribution is 0.229. The lowest BCUT2D eigenvalue weighted by Crippen LogP contribution is -2.48. The maximum Gasteiger partial charge on any atom is 0.191 e. The number of guanidine groups is 1. The third kappa shape index (κ3) is 5.81. The fourth-order valence-corrected chi connectivity index (χ4v) is 4.55. The summed E-state index contributed by atoms with van der Waals surface area (Å²) < 4.78 is 2.26. The first-order valence-electron chi connectivity index (χ1n) is 10.4. The summed E-state index contributed by atoms with van der Waals surface area (Å²) in [5, 5.41) is 15.7. The van der Waals surface area contributed by atoms with E-state index in [1.165, 1.54) is 32.1 Å². The highest BCUT2D eigenvalue weighted by atomic mass is 127. The van der Waals surface area contributed by atoms with Crippen LogP contribution in [0.1, 0.15) is 64.0 Å². The van der Waals surface area contributed by atoms with Crippen molar-refractivity contribution in [2.24, 2.45) is 22.7 Å². The molecule has 2 heterocycles. The molecule has 0 aromatic carbocycles. The van der Waals surface area contributed by atoms with Gasteiger partial charge >= 0.3 is 0 Å². The van der Waals surface area contributed by atoms with Crippen LogP contribution in [0.25, 0.3) is 0 Å².